The van der Waals surface area contributed by atoms with Gasteiger partial charge in [-0.15, -0.1) is 0 Å². The van der Waals surface area contributed by atoms with Gasteiger partial charge in [0.15, 0.2) is 5.96 Å². The zero-order chi connectivity index (χ0) is 21.1. The molecule has 0 spiro atoms. The van der Waals surface area contributed by atoms with Crippen molar-refractivity contribution < 1.29 is 19.2 Å². The molecule has 0 fully saturated rings. The van der Waals surface area contributed by atoms with Gasteiger partial charge in [-0.1, -0.05) is 13.8 Å². The average Bonchev–Trinajstić information content (AvgIpc) is 2.53. The molecule has 0 aromatic carbocycles. The lowest BCUT2D eigenvalue weighted by molar-refractivity contribution is -0.133. The lowest BCUT2D eigenvalue weighted by atomic mass is 10.0. The van der Waals surface area contributed by atoms with E-state index >= 15 is 0 Å². The second-order valence-corrected chi connectivity index (χ2v) is 6.60. The molecule has 3 atom stereocenters. The van der Waals surface area contributed by atoms with Crippen molar-refractivity contribution in [3.63, 3.8) is 0 Å². The van der Waals surface area contributed by atoms with Crippen molar-refractivity contribution in [2.45, 2.75) is 58.7 Å². The van der Waals surface area contributed by atoms with Crippen molar-refractivity contribution in [3.05, 3.63) is 0 Å². The van der Waals surface area contributed by atoms with Crippen LogP contribution in [0, 0.1) is 11.3 Å². The Labute approximate surface area is 158 Å². The molecule has 9 N–H and O–H groups in total. The molecule has 154 valence electrons. The quantitative estimate of drug-likeness (QED) is 0.121. The van der Waals surface area contributed by atoms with Crippen LogP contribution < -0.4 is 32.7 Å². The van der Waals surface area contributed by atoms with Crippen molar-refractivity contribution in [1.29, 1.82) is 5.41 Å². The fourth-order valence-corrected chi connectivity index (χ4v) is 2.29. The van der Waals surface area contributed by atoms with Crippen LogP contribution in [0.2, 0.25) is 0 Å². The Morgan fingerprint density at radius 3 is 2.00 bits per heavy atom. The van der Waals surface area contributed by atoms with Gasteiger partial charge in [0, 0.05) is 13.5 Å². The Morgan fingerprint density at radius 1 is 0.963 bits per heavy atom. The van der Waals surface area contributed by atoms with Crippen LogP contribution in [0.15, 0.2) is 0 Å². The summed E-state index contributed by atoms with van der Waals surface area (Å²) >= 11 is 0. The van der Waals surface area contributed by atoms with Gasteiger partial charge >= 0.3 is 0 Å². The zero-order valence-electron chi connectivity index (χ0n) is 16.2. The van der Waals surface area contributed by atoms with Gasteiger partial charge in [0.1, 0.15) is 18.1 Å². The van der Waals surface area contributed by atoms with E-state index in [4.69, 9.17) is 16.9 Å². The van der Waals surface area contributed by atoms with Crippen molar-refractivity contribution in [3.8, 4) is 0 Å². The molecule has 0 unspecified atom stereocenters. The molecule has 27 heavy (non-hydrogen) atoms. The third-order valence-corrected chi connectivity index (χ3v) is 3.70. The molecule has 0 aliphatic heterocycles. The van der Waals surface area contributed by atoms with E-state index < -0.39 is 35.8 Å². The van der Waals surface area contributed by atoms with Crippen LogP contribution in [0.3, 0.4) is 0 Å². The summed E-state index contributed by atoms with van der Waals surface area (Å²) in [6.45, 7) is 6.57. The van der Waals surface area contributed by atoms with Crippen LogP contribution >= 0.6 is 0 Å². The van der Waals surface area contributed by atoms with Crippen LogP contribution in [0.4, 0.5) is 0 Å². The van der Waals surface area contributed by atoms with E-state index in [9.17, 15) is 19.2 Å². The molecule has 0 bridgehead atoms. The first kappa shape index (κ1) is 24.1. The maximum absolute atomic E-state index is 12.6. The predicted octanol–water partition coefficient (Wildman–Crippen LogP) is -2.11. The maximum Gasteiger partial charge on any atom is 0.243 e. The van der Waals surface area contributed by atoms with Crippen molar-refractivity contribution in [1.82, 2.24) is 21.3 Å². The highest BCUT2D eigenvalue weighted by Crippen LogP contribution is 2.04. The summed E-state index contributed by atoms with van der Waals surface area (Å²) in [5.74, 6) is -2.57. The smallest absolute Gasteiger partial charge is 0.243 e. The molecule has 0 rings (SSSR count). The number of nitrogens with one attached hydrogen (secondary N) is 5. The fraction of sp³-hybridized carbons (Fsp3) is 0.688. The van der Waals surface area contributed by atoms with Crippen LogP contribution in [-0.4, -0.2) is 54.3 Å². The number of carbonyl (C=O) groups is 4. The highest BCUT2D eigenvalue weighted by atomic mass is 16.2. The molecule has 4 amide bonds. The topological polar surface area (TPSA) is 192 Å². The lowest BCUT2D eigenvalue weighted by Gasteiger charge is -2.25. The molecule has 0 aromatic heterocycles. The molecule has 0 aliphatic carbocycles. The fourth-order valence-electron chi connectivity index (χ4n) is 2.29. The summed E-state index contributed by atoms with van der Waals surface area (Å²) in [5, 5.41) is 17.3. The molecular weight excluding hydrogens is 354 g/mol. The molecule has 0 aromatic rings. The number of amides is 4. The Bertz CT molecular complexity index is 565. The minimum atomic E-state index is -0.942. The highest BCUT2D eigenvalue weighted by molar-refractivity contribution is 5.93. The van der Waals surface area contributed by atoms with Crippen LogP contribution in [0.1, 0.15) is 40.5 Å². The number of rotatable bonds is 11. The van der Waals surface area contributed by atoms with E-state index in [0.717, 1.165) is 0 Å². The van der Waals surface area contributed by atoms with E-state index in [1.54, 1.807) is 13.8 Å². The van der Waals surface area contributed by atoms with Crippen LogP contribution in [0.5, 0.6) is 0 Å². The van der Waals surface area contributed by atoms with E-state index in [1.165, 1.54) is 13.8 Å². The molecular formula is C16H31N7O4. The standard InChI is InChI=1S/C16H31N7O4/c1-8(2)12(13(17)25)23-15(27)11(6-5-7-20-16(18)19)22-14(26)9(3)21-10(4)24/h8-9,11-12H,5-7H2,1-4H3,(H2,17,25)(H,21,24)(H,22,26)(H,23,27)(H4,18,19,20)/t9-,11-,12-/m0/s1. The van der Waals surface area contributed by atoms with Crippen molar-refractivity contribution >= 4 is 29.6 Å². The Morgan fingerprint density at radius 2 is 1.56 bits per heavy atom. The van der Waals surface area contributed by atoms with E-state index in [2.05, 4.69) is 21.3 Å². The van der Waals surface area contributed by atoms with E-state index in [-0.39, 0.29) is 24.2 Å². The second-order valence-electron chi connectivity index (χ2n) is 6.60. The Hall–Kier alpha value is -2.85. The highest BCUT2D eigenvalue weighted by Gasteiger charge is 2.28. The molecule has 0 radical (unpaired) electrons. The summed E-state index contributed by atoms with van der Waals surface area (Å²) in [7, 11) is 0. The first-order valence-corrected chi connectivity index (χ1v) is 8.70. The number of hydrogen-bond donors (Lipinski definition) is 7. The Balaban J connectivity index is 5.06. The lowest BCUT2D eigenvalue weighted by Crippen LogP contribution is -2.56. The normalized spacial score (nSPS) is 13.8. The first-order chi connectivity index (χ1) is 12.5. The summed E-state index contributed by atoms with van der Waals surface area (Å²) in [4.78, 5) is 47.4. The van der Waals surface area contributed by atoms with Gasteiger partial charge in [0.2, 0.25) is 23.6 Å². The van der Waals surface area contributed by atoms with E-state index in [0.29, 0.717) is 13.0 Å². The summed E-state index contributed by atoms with van der Waals surface area (Å²) in [6.07, 6.45) is 0.656. The van der Waals surface area contributed by atoms with Gasteiger partial charge in [0.25, 0.3) is 0 Å². The minimum Gasteiger partial charge on any atom is -0.370 e. The maximum atomic E-state index is 12.6. The van der Waals surface area contributed by atoms with Gasteiger partial charge in [-0.3, -0.25) is 24.6 Å². The van der Waals surface area contributed by atoms with Gasteiger partial charge in [-0.05, 0) is 25.7 Å². The Kier molecular flexibility index (Phi) is 10.5. The molecule has 0 saturated carbocycles. The minimum absolute atomic E-state index is 0.201. The first-order valence-electron chi connectivity index (χ1n) is 8.70. The third kappa shape index (κ3) is 10.0. The average molecular weight is 385 g/mol. The molecule has 0 aliphatic rings. The summed E-state index contributed by atoms with van der Waals surface area (Å²) in [6, 6.07) is -2.65. The number of nitrogens with two attached hydrogens (primary N) is 2. The summed E-state index contributed by atoms with van der Waals surface area (Å²) < 4.78 is 0. The number of carbonyl (C=O) groups excluding carboxylic acids is 4. The van der Waals surface area contributed by atoms with Gasteiger partial charge in [-0.25, -0.2) is 0 Å². The second kappa shape index (κ2) is 11.7. The number of primary amides is 1. The number of hydrogen-bond acceptors (Lipinski definition) is 5. The van der Waals surface area contributed by atoms with Gasteiger partial charge in [0.05, 0.1) is 0 Å². The summed E-state index contributed by atoms with van der Waals surface area (Å²) in [5.41, 5.74) is 10.5. The molecule has 0 saturated heterocycles. The van der Waals surface area contributed by atoms with Gasteiger partial charge in [-0.2, -0.15) is 0 Å². The van der Waals surface area contributed by atoms with Crippen LogP contribution in [0.25, 0.3) is 0 Å². The van der Waals surface area contributed by atoms with E-state index in [1.807, 2.05) is 0 Å². The molecule has 11 heteroatoms. The SMILES string of the molecule is CC(=O)N[C@@H](C)C(=O)N[C@@H](CCCNC(=N)N)C(=O)N[C@H](C(N)=O)C(C)C. The zero-order valence-corrected chi connectivity index (χ0v) is 16.2. The third-order valence-electron chi connectivity index (χ3n) is 3.70. The monoisotopic (exact) mass is 385 g/mol. The number of guanidine groups is 1. The largest absolute Gasteiger partial charge is 0.370 e. The van der Waals surface area contributed by atoms with Crippen LogP contribution in [-0.2, 0) is 19.2 Å². The van der Waals surface area contributed by atoms with Crippen molar-refractivity contribution in [2.24, 2.45) is 17.4 Å². The van der Waals surface area contributed by atoms with Gasteiger partial charge < -0.3 is 32.7 Å². The van der Waals surface area contributed by atoms with Crippen molar-refractivity contribution in [2.75, 3.05) is 6.54 Å². The molecule has 0 heterocycles. The molecule has 11 nitrogen and oxygen atoms in total. The predicted molar refractivity (Wildman–Crippen MR) is 100 cm³/mol.